The van der Waals surface area contributed by atoms with E-state index >= 15 is 0 Å². The molecule has 0 radical (unpaired) electrons. The Morgan fingerprint density at radius 3 is 2.52 bits per heavy atom. The summed E-state index contributed by atoms with van der Waals surface area (Å²) < 4.78 is 33.5. The van der Waals surface area contributed by atoms with E-state index in [2.05, 4.69) is 4.98 Å². The summed E-state index contributed by atoms with van der Waals surface area (Å²) in [5, 5.41) is 0.349. The van der Waals surface area contributed by atoms with Gasteiger partial charge in [0.2, 0.25) is 0 Å². The number of nitrogens with zero attached hydrogens (tertiary/aromatic N) is 3. The molecule has 0 fully saturated rings. The molecule has 0 spiro atoms. The highest BCUT2D eigenvalue weighted by Crippen LogP contribution is 2.32. The van der Waals surface area contributed by atoms with Gasteiger partial charge in [-0.15, -0.1) is 0 Å². The number of rotatable bonds is 8. The molecule has 0 unspecified atom stereocenters. The lowest BCUT2D eigenvalue weighted by Gasteiger charge is -2.21. The second kappa shape index (κ2) is 9.28. The van der Waals surface area contributed by atoms with Crippen molar-refractivity contribution in [2.75, 3.05) is 38.7 Å². The molecule has 154 valence electrons. The van der Waals surface area contributed by atoms with E-state index in [1.54, 1.807) is 24.3 Å². The predicted octanol–water partition coefficient (Wildman–Crippen LogP) is 4.57. The zero-order chi connectivity index (χ0) is 21.0. The number of thiazole rings is 1. The summed E-state index contributed by atoms with van der Waals surface area (Å²) in [6.07, 6.45) is 0.711. The molecule has 2 aromatic carbocycles. The largest absolute Gasteiger partial charge is 0.494 e. The highest BCUT2D eigenvalue weighted by molar-refractivity contribution is 7.22. The van der Waals surface area contributed by atoms with E-state index in [0.29, 0.717) is 40.7 Å². The summed E-state index contributed by atoms with van der Waals surface area (Å²) in [6.45, 7) is 3.62. The van der Waals surface area contributed by atoms with Gasteiger partial charge in [-0.3, -0.25) is 9.69 Å². The molecule has 0 atom stereocenters. The molecule has 0 aliphatic rings. The first-order valence-electron chi connectivity index (χ1n) is 9.34. The lowest BCUT2D eigenvalue weighted by atomic mass is 10.2. The maximum atomic E-state index is 14.1. The lowest BCUT2D eigenvalue weighted by molar-refractivity contribution is 0.0986. The topological polar surface area (TPSA) is 45.7 Å². The fourth-order valence-electron chi connectivity index (χ4n) is 2.91. The first-order valence-corrected chi connectivity index (χ1v) is 10.2. The maximum absolute atomic E-state index is 14.1. The van der Waals surface area contributed by atoms with Gasteiger partial charge in [-0.1, -0.05) is 11.3 Å². The average Bonchev–Trinajstić information content (AvgIpc) is 3.09. The molecule has 3 rings (SSSR count). The van der Waals surface area contributed by atoms with Crippen molar-refractivity contribution in [3.05, 3.63) is 53.6 Å². The monoisotopic (exact) mass is 419 g/mol. The van der Waals surface area contributed by atoms with Crippen molar-refractivity contribution < 1.29 is 18.3 Å². The molecule has 29 heavy (non-hydrogen) atoms. The Morgan fingerprint density at radius 1 is 1.14 bits per heavy atom. The molecule has 8 heteroatoms. The molecule has 0 saturated heterocycles. The summed E-state index contributed by atoms with van der Waals surface area (Å²) >= 11 is 1.10. The van der Waals surface area contributed by atoms with Gasteiger partial charge >= 0.3 is 0 Å². The Bertz CT molecular complexity index is 990. The van der Waals surface area contributed by atoms with Gasteiger partial charge < -0.3 is 9.64 Å². The van der Waals surface area contributed by atoms with Crippen molar-refractivity contribution in [1.29, 1.82) is 0 Å². The third-order valence-corrected chi connectivity index (χ3v) is 5.30. The molecule has 1 heterocycles. The van der Waals surface area contributed by atoms with E-state index in [1.807, 2.05) is 25.9 Å². The van der Waals surface area contributed by atoms with Gasteiger partial charge in [0, 0.05) is 18.2 Å². The van der Waals surface area contributed by atoms with E-state index in [-0.39, 0.29) is 11.4 Å². The van der Waals surface area contributed by atoms with E-state index in [0.717, 1.165) is 23.9 Å². The number of carbonyl (C=O) groups excluding carboxylic acids is 1. The van der Waals surface area contributed by atoms with Gasteiger partial charge in [0.05, 0.1) is 11.3 Å². The van der Waals surface area contributed by atoms with Crippen LogP contribution in [0, 0.1) is 11.6 Å². The molecule has 0 aliphatic carbocycles. The summed E-state index contributed by atoms with van der Waals surface area (Å²) in [6, 6.07) is 8.90. The first kappa shape index (κ1) is 21.1. The first-order chi connectivity index (χ1) is 13.9. The van der Waals surface area contributed by atoms with E-state index in [4.69, 9.17) is 4.74 Å². The SMILES string of the molecule is CCOc1ccc(C(=O)N(CCCN(C)C)c2nc3c(F)cc(F)cc3s2)cc1. The summed E-state index contributed by atoms with van der Waals surface area (Å²) in [5.74, 6) is -0.959. The number of hydrogen-bond donors (Lipinski definition) is 0. The molecule has 5 nitrogen and oxygen atoms in total. The number of benzene rings is 2. The number of aromatic nitrogens is 1. The molecular weight excluding hydrogens is 396 g/mol. The number of ether oxygens (including phenoxy) is 1. The summed E-state index contributed by atoms with van der Waals surface area (Å²) in [4.78, 5) is 21.0. The molecule has 1 amide bonds. The molecular formula is C21H23F2N3O2S. The number of anilines is 1. The Kier molecular flexibility index (Phi) is 6.76. The van der Waals surface area contributed by atoms with Gasteiger partial charge in [0.1, 0.15) is 17.1 Å². The van der Waals surface area contributed by atoms with Crippen LogP contribution in [0.15, 0.2) is 36.4 Å². The smallest absolute Gasteiger partial charge is 0.260 e. The van der Waals surface area contributed by atoms with Crippen molar-refractivity contribution in [3.8, 4) is 5.75 Å². The third kappa shape index (κ3) is 5.07. The highest BCUT2D eigenvalue weighted by atomic mass is 32.1. The van der Waals surface area contributed by atoms with Crippen molar-refractivity contribution in [1.82, 2.24) is 9.88 Å². The summed E-state index contributed by atoms with van der Waals surface area (Å²) in [5.41, 5.74) is 0.549. The highest BCUT2D eigenvalue weighted by Gasteiger charge is 2.22. The number of hydrogen-bond acceptors (Lipinski definition) is 5. The zero-order valence-electron chi connectivity index (χ0n) is 16.6. The zero-order valence-corrected chi connectivity index (χ0v) is 17.4. The normalized spacial score (nSPS) is 11.2. The predicted molar refractivity (Wildman–Crippen MR) is 112 cm³/mol. The van der Waals surface area contributed by atoms with Crippen LogP contribution in [0.5, 0.6) is 5.75 Å². The summed E-state index contributed by atoms with van der Waals surface area (Å²) in [7, 11) is 3.91. The minimum atomic E-state index is -0.732. The minimum absolute atomic E-state index is 0.0727. The Labute approximate surface area is 172 Å². The second-order valence-corrected chi connectivity index (χ2v) is 7.81. The quantitative estimate of drug-likeness (QED) is 0.537. The number of halogens is 2. The Morgan fingerprint density at radius 2 is 1.86 bits per heavy atom. The minimum Gasteiger partial charge on any atom is -0.494 e. The van der Waals surface area contributed by atoms with E-state index in [1.165, 1.54) is 11.0 Å². The van der Waals surface area contributed by atoms with Crippen LogP contribution in [-0.4, -0.2) is 49.6 Å². The number of fused-ring (bicyclic) bond motifs is 1. The van der Waals surface area contributed by atoms with Gasteiger partial charge in [-0.2, -0.15) is 0 Å². The Balaban J connectivity index is 1.93. The van der Waals surface area contributed by atoms with Crippen molar-refractivity contribution >= 4 is 32.6 Å². The fourth-order valence-corrected chi connectivity index (χ4v) is 3.94. The molecule has 1 aromatic heterocycles. The third-order valence-electron chi connectivity index (χ3n) is 4.28. The van der Waals surface area contributed by atoms with Crippen molar-refractivity contribution in [2.45, 2.75) is 13.3 Å². The maximum Gasteiger partial charge on any atom is 0.260 e. The lowest BCUT2D eigenvalue weighted by Crippen LogP contribution is -2.33. The fraction of sp³-hybridized carbons (Fsp3) is 0.333. The molecule has 0 N–H and O–H groups in total. The van der Waals surface area contributed by atoms with Crippen LogP contribution in [0.4, 0.5) is 13.9 Å². The Hall–Kier alpha value is -2.58. The van der Waals surface area contributed by atoms with Gasteiger partial charge in [0.15, 0.2) is 10.9 Å². The van der Waals surface area contributed by atoms with E-state index in [9.17, 15) is 13.6 Å². The van der Waals surface area contributed by atoms with Gasteiger partial charge in [0.25, 0.3) is 5.91 Å². The van der Waals surface area contributed by atoms with Crippen LogP contribution in [0.2, 0.25) is 0 Å². The van der Waals surface area contributed by atoms with Crippen LogP contribution in [0.25, 0.3) is 10.2 Å². The van der Waals surface area contributed by atoms with E-state index < -0.39 is 11.6 Å². The van der Waals surface area contributed by atoms with Crippen LogP contribution in [0.3, 0.4) is 0 Å². The number of carbonyl (C=O) groups is 1. The van der Waals surface area contributed by atoms with Crippen molar-refractivity contribution in [2.24, 2.45) is 0 Å². The van der Waals surface area contributed by atoms with Crippen LogP contribution < -0.4 is 9.64 Å². The molecule has 3 aromatic rings. The van der Waals surface area contributed by atoms with Crippen LogP contribution in [0.1, 0.15) is 23.7 Å². The van der Waals surface area contributed by atoms with Gasteiger partial charge in [-0.05, 0) is 64.3 Å². The van der Waals surface area contributed by atoms with Crippen LogP contribution >= 0.6 is 11.3 Å². The number of amides is 1. The molecule has 0 aliphatic heterocycles. The second-order valence-electron chi connectivity index (χ2n) is 6.80. The van der Waals surface area contributed by atoms with Crippen molar-refractivity contribution in [3.63, 3.8) is 0 Å². The molecule has 0 saturated carbocycles. The van der Waals surface area contributed by atoms with Gasteiger partial charge in [-0.25, -0.2) is 13.8 Å². The standard InChI is InChI=1S/C21H23F2N3O2S/c1-4-28-16-8-6-14(7-9-16)20(27)26(11-5-10-25(2)3)21-24-19-17(23)12-15(22)13-18(19)29-21/h6-9,12-13H,4-5,10-11H2,1-3H3. The average molecular weight is 419 g/mol. The molecule has 0 bridgehead atoms. The van der Waals surface area contributed by atoms with Crippen LogP contribution in [-0.2, 0) is 0 Å².